The van der Waals surface area contributed by atoms with E-state index in [1.165, 1.54) is 35.2 Å². The minimum absolute atomic E-state index is 0.0184. The Hall–Kier alpha value is -2.49. The predicted octanol–water partition coefficient (Wildman–Crippen LogP) is 7.14. The van der Waals surface area contributed by atoms with Crippen molar-refractivity contribution in [1.29, 1.82) is 0 Å². The molecule has 0 aromatic heterocycles. The highest BCUT2D eigenvalue weighted by Gasteiger charge is 2.34. The first-order valence-electron chi connectivity index (χ1n) is 12.9. The lowest BCUT2D eigenvalue weighted by atomic mass is 10.1. The van der Waals surface area contributed by atoms with Gasteiger partial charge in [0.05, 0.1) is 25.7 Å². The van der Waals surface area contributed by atoms with E-state index in [-0.39, 0.29) is 44.5 Å². The van der Waals surface area contributed by atoms with E-state index in [0.717, 1.165) is 9.87 Å². The summed E-state index contributed by atoms with van der Waals surface area (Å²) in [7, 11) is -4.29. The molecule has 0 bridgehead atoms. The van der Waals surface area contributed by atoms with Crippen LogP contribution in [0.15, 0.2) is 65.6 Å². The third-order valence-electron chi connectivity index (χ3n) is 6.34. The van der Waals surface area contributed by atoms with Crippen molar-refractivity contribution in [3.63, 3.8) is 0 Å². The van der Waals surface area contributed by atoms with Crippen molar-refractivity contribution in [3.8, 4) is 0 Å². The van der Waals surface area contributed by atoms with Gasteiger partial charge < -0.3 is 10.2 Å². The standard InChI is InChI=1S/C29H31Cl4N3O4S/c1-4-14-34-29(38)26(5-2)35(17-20-8-12-23(31)25(33)15-20)28(37)18-36(27-16-21(30)9-13-24(27)32)41(39,40)22-10-6-19(3)7-11-22/h6-13,15-16,26H,4-5,14,17-18H2,1-3H3,(H,34,38)/t26-/m1/s1. The topological polar surface area (TPSA) is 86.8 Å². The molecule has 3 rings (SSSR count). The molecule has 0 saturated carbocycles. The van der Waals surface area contributed by atoms with Gasteiger partial charge in [-0.2, -0.15) is 0 Å². The average Bonchev–Trinajstić information content (AvgIpc) is 2.93. The Morgan fingerprint density at radius 1 is 0.878 bits per heavy atom. The second-order valence-corrected chi connectivity index (χ2v) is 12.9. The van der Waals surface area contributed by atoms with Gasteiger partial charge in [-0.05, 0) is 67.8 Å². The van der Waals surface area contributed by atoms with Crippen LogP contribution in [0.3, 0.4) is 0 Å². The zero-order valence-electron chi connectivity index (χ0n) is 22.8. The number of sulfonamides is 1. The Morgan fingerprint density at radius 3 is 2.15 bits per heavy atom. The van der Waals surface area contributed by atoms with Crippen LogP contribution in [0.4, 0.5) is 5.69 Å². The van der Waals surface area contributed by atoms with Crippen molar-refractivity contribution in [2.24, 2.45) is 0 Å². The molecule has 0 saturated heterocycles. The molecule has 0 aliphatic heterocycles. The van der Waals surface area contributed by atoms with Crippen molar-refractivity contribution in [2.75, 3.05) is 17.4 Å². The van der Waals surface area contributed by atoms with Crippen LogP contribution in [0.1, 0.15) is 37.8 Å². The van der Waals surface area contributed by atoms with Gasteiger partial charge in [-0.25, -0.2) is 8.42 Å². The number of anilines is 1. The lowest BCUT2D eigenvalue weighted by molar-refractivity contribution is -0.140. The van der Waals surface area contributed by atoms with E-state index in [0.29, 0.717) is 23.6 Å². The fourth-order valence-electron chi connectivity index (χ4n) is 4.15. The van der Waals surface area contributed by atoms with Crippen molar-refractivity contribution in [3.05, 3.63) is 91.9 Å². The summed E-state index contributed by atoms with van der Waals surface area (Å²) >= 11 is 25.0. The molecular weight excluding hydrogens is 628 g/mol. The molecule has 3 aromatic carbocycles. The monoisotopic (exact) mass is 657 g/mol. The van der Waals surface area contributed by atoms with Gasteiger partial charge in [0.25, 0.3) is 10.0 Å². The van der Waals surface area contributed by atoms with E-state index < -0.39 is 28.5 Å². The summed E-state index contributed by atoms with van der Waals surface area (Å²) in [5, 5.41) is 3.78. The Balaban J connectivity index is 2.11. The van der Waals surface area contributed by atoms with Gasteiger partial charge in [-0.1, -0.05) is 84.0 Å². The molecule has 2 amide bonds. The van der Waals surface area contributed by atoms with E-state index in [9.17, 15) is 18.0 Å². The third kappa shape index (κ3) is 8.30. The maximum atomic E-state index is 14.1. The molecule has 7 nitrogen and oxygen atoms in total. The number of nitrogens with one attached hydrogen (secondary N) is 1. The fourth-order valence-corrected chi connectivity index (χ4v) is 6.33. The van der Waals surface area contributed by atoms with Crippen LogP contribution in [0.25, 0.3) is 0 Å². The third-order valence-corrected chi connectivity index (χ3v) is 9.40. The largest absolute Gasteiger partial charge is 0.354 e. The SMILES string of the molecule is CCCNC(=O)[C@@H](CC)N(Cc1ccc(Cl)c(Cl)c1)C(=O)CN(c1cc(Cl)ccc1Cl)S(=O)(=O)c1ccc(C)cc1. The maximum Gasteiger partial charge on any atom is 0.264 e. The summed E-state index contributed by atoms with van der Waals surface area (Å²) in [5.41, 5.74) is 1.51. The van der Waals surface area contributed by atoms with Gasteiger partial charge in [0.15, 0.2) is 0 Å². The molecule has 3 aromatic rings. The highest BCUT2D eigenvalue weighted by molar-refractivity contribution is 7.92. The number of carbonyl (C=O) groups excluding carboxylic acids is 2. The van der Waals surface area contributed by atoms with Crippen LogP contribution in [-0.2, 0) is 26.2 Å². The predicted molar refractivity (Wildman–Crippen MR) is 167 cm³/mol. The summed E-state index contributed by atoms with van der Waals surface area (Å²) in [6.45, 7) is 5.30. The lowest BCUT2D eigenvalue weighted by Gasteiger charge is -2.33. The Morgan fingerprint density at radius 2 is 1.54 bits per heavy atom. The number of carbonyl (C=O) groups is 2. The van der Waals surface area contributed by atoms with Crippen LogP contribution in [0, 0.1) is 6.92 Å². The van der Waals surface area contributed by atoms with Gasteiger partial charge in [0.1, 0.15) is 12.6 Å². The molecular formula is C29H31Cl4N3O4S. The number of hydrogen-bond acceptors (Lipinski definition) is 4. The van der Waals surface area contributed by atoms with Crippen LogP contribution in [0.5, 0.6) is 0 Å². The highest BCUT2D eigenvalue weighted by Crippen LogP contribution is 2.33. The molecule has 0 radical (unpaired) electrons. The number of hydrogen-bond donors (Lipinski definition) is 1. The number of amides is 2. The summed E-state index contributed by atoms with van der Waals surface area (Å²) in [4.78, 5) is 28.6. The van der Waals surface area contributed by atoms with Crippen LogP contribution >= 0.6 is 46.4 Å². The Labute approximate surface area is 261 Å². The molecule has 1 N–H and O–H groups in total. The molecule has 0 aliphatic rings. The minimum Gasteiger partial charge on any atom is -0.354 e. The summed E-state index contributed by atoms with van der Waals surface area (Å²) in [6.07, 6.45) is 0.990. The molecule has 0 aliphatic carbocycles. The van der Waals surface area contributed by atoms with Gasteiger partial charge in [0, 0.05) is 18.1 Å². The van der Waals surface area contributed by atoms with Crippen molar-refractivity contribution < 1.29 is 18.0 Å². The smallest absolute Gasteiger partial charge is 0.264 e. The molecule has 41 heavy (non-hydrogen) atoms. The average molecular weight is 659 g/mol. The first-order valence-corrected chi connectivity index (χ1v) is 15.9. The maximum absolute atomic E-state index is 14.1. The number of rotatable bonds is 12. The first kappa shape index (κ1) is 33.0. The molecule has 12 heteroatoms. The Kier molecular flexibility index (Phi) is 11.8. The van der Waals surface area contributed by atoms with E-state index in [1.807, 2.05) is 13.8 Å². The molecule has 0 spiro atoms. The van der Waals surface area contributed by atoms with Crippen LogP contribution in [-0.4, -0.2) is 44.3 Å². The van der Waals surface area contributed by atoms with Crippen molar-refractivity contribution >= 4 is 73.9 Å². The molecule has 0 unspecified atom stereocenters. The molecule has 0 fully saturated rings. The van der Waals surface area contributed by atoms with Crippen LogP contribution in [0.2, 0.25) is 20.1 Å². The van der Waals surface area contributed by atoms with E-state index in [2.05, 4.69) is 5.32 Å². The van der Waals surface area contributed by atoms with E-state index in [1.54, 1.807) is 37.3 Å². The van der Waals surface area contributed by atoms with E-state index >= 15 is 0 Å². The minimum atomic E-state index is -4.29. The summed E-state index contributed by atoms with van der Waals surface area (Å²) < 4.78 is 28.8. The van der Waals surface area contributed by atoms with Crippen molar-refractivity contribution in [2.45, 2.75) is 51.1 Å². The summed E-state index contributed by atoms with van der Waals surface area (Å²) in [6, 6.07) is 14.6. The van der Waals surface area contributed by atoms with Gasteiger partial charge in [0.2, 0.25) is 11.8 Å². The summed E-state index contributed by atoms with van der Waals surface area (Å²) in [5.74, 6) is -0.974. The second kappa shape index (κ2) is 14.6. The fraction of sp³-hybridized carbons (Fsp3) is 0.310. The lowest BCUT2D eigenvalue weighted by Crippen LogP contribution is -2.52. The van der Waals surface area contributed by atoms with Gasteiger partial charge in [-0.3, -0.25) is 13.9 Å². The quantitative estimate of drug-likeness (QED) is 0.224. The van der Waals surface area contributed by atoms with Crippen LogP contribution < -0.4 is 9.62 Å². The number of aryl methyl sites for hydroxylation is 1. The molecule has 220 valence electrons. The van der Waals surface area contributed by atoms with Gasteiger partial charge >= 0.3 is 0 Å². The van der Waals surface area contributed by atoms with Crippen molar-refractivity contribution in [1.82, 2.24) is 10.2 Å². The normalized spacial score (nSPS) is 12.1. The highest BCUT2D eigenvalue weighted by atomic mass is 35.5. The van der Waals surface area contributed by atoms with Gasteiger partial charge in [-0.15, -0.1) is 0 Å². The first-order chi connectivity index (χ1) is 19.4. The molecule has 1 atom stereocenters. The number of benzene rings is 3. The van der Waals surface area contributed by atoms with E-state index in [4.69, 9.17) is 46.4 Å². The zero-order valence-corrected chi connectivity index (χ0v) is 26.7. The number of nitrogens with zero attached hydrogens (tertiary/aromatic N) is 2. The second-order valence-electron chi connectivity index (χ2n) is 9.41. The Bertz CT molecular complexity index is 1500. The zero-order chi connectivity index (χ0) is 30.3. The molecule has 0 heterocycles. The number of halogens is 4.